The largest absolute Gasteiger partial charge is 0.416 e. The number of allylic oxidation sites excluding steroid dienone is 2. The number of hydrogen-bond donors (Lipinski definition) is 3. The number of amides is 2. The minimum absolute atomic E-state index is 0.0779. The van der Waals surface area contributed by atoms with Gasteiger partial charge in [0.2, 0.25) is 0 Å². The lowest BCUT2D eigenvalue weighted by Gasteiger charge is -2.31. The van der Waals surface area contributed by atoms with Gasteiger partial charge in [0.05, 0.1) is 11.1 Å². The van der Waals surface area contributed by atoms with Gasteiger partial charge in [-0.2, -0.15) is 13.2 Å². The van der Waals surface area contributed by atoms with E-state index in [1.165, 1.54) is 6.08 Å². The number of hydrogen-bond acceptors (Lipinski definition) is 3. The Labute approximate surface area is 159 Å². The summed E-state index contributed by atoms with van der Waals surface area (Å²) in [7, 11) is 1.84. The fourth-order valence-corrected chi connectivity index (χ4v) is 2.88. The second-order valence-electron chi connectivity index (χ2n) is 7.35. The first-order chi connectivity index (χ1) is 12.5. The maximum Gasteiger partial charge on any atom is 0.416 e. The van der Waals surface area contributed by atoms with E-state index in [0.29, 0.717) is 19.4 Å². The third kappa shape index (κ3) is 7.92. The normalized spacial score (nSPS) is 22.3. The van der Waals surface area contributed by atoms with Gasteiger partial charge in [-0.25, -0.2) is 4.79 Å². The van der Waals surface area contributed by atoms with E-state index in [-0.39, 0.29) is 12.5 Å². The maximum atomic E-state index is 12.7. The van der Waals surface area contributed by atoms with Crippen molar-refractivity contribution in [1.29, 1.82) is 0 Å². The maximum absolute atomic E-state index is 12.7. The Kier molecular flexibility index (Phi) is 8.81. The molecule has 0 aromatic heterocycles. The summed E-state index contributed by atoms with van der Waals surface area (Å²) < 4.78 is 38.1. The number of aliphatic hydroxyl groups is 1. The summed E-state index contributed by atoms with van der Waals surface area (Å²) in [4.78, 5) is 14.1. The molecule has 0 saturated carbocycles. The molecular weight excluding hydrogens is 359 g/mol. The van der Waals surface area contributed by atoms with E-state index in [2.05, 4.69) is 10.6 Å². The van der Waals surface area contributed by atoms with Crippen molar-refractivity contribution in [2.24, 2.45) is 0 Å². The molecular formula is C19H32F3N3O2. The molecule has 1 aliphatic carbocycles. The van der Waals surface area contributed by atoms with Crippen LogP contribution >= 0.6 is 0 Å². The topological polar surface area (TPSA) is 64.6 Å². The highest BCUT2D eigenvalue weighted by Crippen LogP contribution is 2.32. The SMILES string of the molecule is CCCC(O)N(C)CCC(CC)NC(=O)NC1(C)C=CC(C(F)(F)F)=CC1. The van der Waals surface area contributed by atoms with Crippen LogP contribution in [0.4, 0.5) is 18.0 Å². The summed E-state index contributed by atoms with van der Waals surface area (Å²) in [5, 5.41) is 15.6. The number of carbonyl (C=O) groups excluding carboxylic acids is 1. The van der Waals surface area contributed by atoms with Gasteiger partial charge in [0.1, 0.15) is 6.23 Å². The molecule has 0 bridgehead atoms. The fourth-order valence-electron chi connectivity index (χ4n) is 2.88. The lowest BCUT2D eigenvalue weighted by Crippen LogP contribution is -2.52. The van der Waals surface area contributed by atoms with Gasteiger partial charge in [0.25, 0.3) is 0 Å². The Morgan fingerprint density at radius 1 is 1.37 bits per heavy atom. The molecule has 2 amide bonds. The number of rotatable bonds is 9. The highest BCUT2D eigenvalue weighted by atomic mass is 19.4. The molecule has 0 saturated heterocycles. The second kappa shape index (κ2) is 10.1. The van der Waals surface area contributed by atoms with E-state index >= 15 is 0 Å². The molecule has 0 radical (unpaired) electrons. The van der Waals surface area contributed by atoms with E-state index in [0.717, 1.165) is 25.0 Å². The van der Waals surface area contributed by atoms with Crippen LogP contribution in [0.3, 0.4) is 0 Å². The van der Waals surface area contributed by atoms with E-state index in [1.807, 2.05) is 25.8 Å². The minimum atomic E-state index is -4.37. The number of urea groups is 1. The van der Waals surface area contributed by atoms with Crippen LogP contribution in [0.1, 0.15) is 52.9 Å². The Balaban J connectivity index is 2.50. The molecule has 0 aliphatic heterocycles. The molecule has 1 aliphatic rings. The van der Waals surface area contributed by atoms with Gasteiger partial charge in [0.15, 0.2) is 0 Å². The number of alkyl halides is 3. The summed E-state index contributed by atoms with van der Waals surface area (Å²) in [6.07, 6.45) is 1.66. The summed E-state index contributed by atoms with van der Waals surface area (Å²) >= 11 is 0. The number of nitrogens with zero attached hydrogens (tertiary/aromatic N) is 1. The van der Waals surface area contributed by atoms with E-state index in [1.54, 1.807) is 6.92 Å². The highest BCUT2D eigenvalue weighted by Gasteiger charge is 2.35. The van der Waals surface area contributed by atoms with Crippen LogP contribution in [-0.4, -0.2) is 53.6 Å². The van der Waals surface area contributed by atoms with Crippen molar-refractivity contribution in [3.05, 3.63) is 23.8 Å². The highest BCUT2D eigenvalue weighted by molar-refractivity contribution is 5.75. The van der Waals surface area contributed by atoms with Gasteiger partial charge in [-0.05, 0) is 39.7 Å². The molecule has 3 N–H and O–H groups in total. The molecule has 0 spiro atoms. The lowest BCUT2D eigenvalue weighted by atomic mass is 9.90. The molecule has 3 atom stereocenters. The van der Waals surface area contributed by atoms with Gasteiger partial charge < -0.3 is 15.7 Å². The molecule has 0 heterocycles. The third-order valence-electron chi connectivity index (χ3n) is 4.82. The molecule has 3 unspecified atom stereocenters. The predicted molar refractivity (Wildman–Crippen MR) is 100 cm³/mol. The smallest absolute Gasteiger partial charge is 0.378 e. The zero-order valence-electron chi connectivity index (χ0n) is 16.6. The molecule has 27 heavy (non-hydrogen) atoms. The van der Waals surface area contributed by atoms with Gasteiger partial charge in [-0.1, -0.05) is 38.5 Å². The molecule has 5 nitrogen and oxygen atoms in total. The van der Waals surface area contributed by atoms with Crippen LogP contribution in [0.15, 0.2) is 23.8 Å². The van der Waals surface area contributed by atoms with Crippen molar-refractivity contribution in [2.45, 2.75) is 76.9 Å². The Morgan fingerprint density at radius 2 is 2.04 bits per heavy atom. The molecule has 8 heteroatoms. The van der Waals surface area contributed by atoms with E-state index < -0.39 is 29.5 Å². The van der Waals surface area contributed by atoms with Gasteiger partial charge in [-0.3, -0.25) is 4.90 Å². The number of aliphatic hydroxyl groups excluding tert-OH is 1. The summed E-state index contributed by atoms with van der Waals surface area (Å²) in [6.45, 7) is 6.27. The number of halogens is 3. The van der Waals surface area contributed by atoms with Crippen LogP contribution in [0.25, 0.3) is 0 Å². The second-order valence-corrected chi connectivity index (χ2v) is 7.35. The van der Waals surface area contributed by atoms with E-state index in [9.17, 15) is 23.1 Å². The average Bonchev–Trinajstić information content (AvgIpc) is 2.57. The molecule has 0 aromatic rings. The molecule has 0 fully saturated rings. The van der Waals surface area contributed by atoms with Gasteiger partial charge >= 0.3 is 12.2 Å². The Bertz CT molecular complexity index is 549. The van der Waals surface area contributed by atoms with Crippen LogP contribution in [0, 0.1) is 0 Å². The third-order valence-corrected chi connectivity index (χ3v) is 4.82. The zero-order chi connectivity index (χ0) is 20.7. The predicted octanol–water partition coefficient (Wildman–Crippen LogP) is 3.71. The summed E-state index contributed by atoms with van der Waals surface area (Å²) in [6, 6.07) is -0.492. The standard InChI is InChI=1S/C19H32F3N3O2/c1-5-7-16(26)25(4)13-10-15(6-2)23-17(27)24-18(3)11-8-14(9-12-18)19(20,21)22/h8-9,11,15-16,26H,5-7,10,12-13H2,1-4H3,(H2,23,24,27). The van der Waals surface area contributed by atoms with Gasteiger partial charge in [-0.15, -0.1) is 0 Å². The van der Waals surface area contributed by atoms with Crippen molar-refractivity contribution < 1.29 is 23.1 Å². The number of nitrogens with one attached hydrogen (secondary N) is 2. The zero-order valence-corrected chi connectivity index (χ0v) is 16.6. The summed E-state index contributed by atoms with van der Waals surface area (Å²) in [5.74, 6) is 0. The fraction of sp³-hybridized carbons (Fsp3) is 0.737. The Morgan fingerprint density at radius 3 is 2.52 bits per heavy atom. The lowest BCUT2D eigenvalue weighted by molar-refractivity contribution is -0.0887. The van der Waals surface area contributed by atoms with Crippen molar-refractivity contribution in [2.75, 3.05) is 13.6 Å². The minimum Gasteiger partial charge on any atom is -0.378 e. The van der Waals surface area contributed by atoms with Crippen LogP contribution in [-0.2, 0) is 0 Å². The average molecular weight is 391 g/mol. The summed E-state index contributed by atoms with van der Waals surface area (Å²) in [5.41, 5.74) is -1.55. The van der Waals surface area contributed by atoms with Crippen LogP contribution in [0.5, 0.6) is 0 Å². The van der Waals surface area contributed by atoms with Crippen molar-refractivity contribution >= 4 is 6.03 Å². The van der Waals surface area contributed by atoms with Crippen LogP contribution in [0.2, 0.25) is 0 Å². The van der Waals surface area contributed by atoms with Crippen molar-refractivity contribution in [3.8, 4) is 0 Å². The number of carbonyl (C=O) groups is 1. The van der Waals surface area contributed by atoms with E-state index in [4.69, 9.17) is 0 Å². The van der Waals surface area contributed by atoms with Crippen LogP contribution < -0.4 is 10.6 Å². The monoisotopic (exact) mass is 391 g/mol. The quantitative estimate of drug-likeness (QED) is 0.525. The first-order valence-corrected chi connectivity index (χ1v) is 9.44. The first-order valence-electron chi connectivity index (χ1n) is 9.44. The van der Waals surface area contributed by atoms with Crippen molar-refractivity contribution in [3.63, 3.8) is 0 Å². The van der Waals surface area contributed by atoms with Crippen molar-refractivity contribution in [1.82, 2.24) is 15.5 Å². The molecule has 156 valence electrons. The molecule has 1 rings (SSSR count). The Hall–Kier alpha value is -1.54. The first kappa shape index (κ1) is 23.5. The van der Waals surface area contributed by atoms with Gasteiger partial charge in [0, 0.05) is 12.6 Å². The molecule has 0 aromatic carbocycles.